The summed E-state index contributed by atoms with van der Waals surface area (Å²) >= 11 is 0. The van der Waals surface area contributed by atoms with Gasteiger partial charge in [0.25, 0.3) is 0 Å². The number of rotatable bonds is 2. The van der Waals surface area contributed by atoms with Gasteiger partial charge in [0.05, 0.1) is 7.11 Å². The normalized spacial score (nSPS) is 17.7. The highest BCUT2D eigenvalue weighted by molar-refractivity contribution is 5.94. The first-order valence-corrected chi connectivity index (χ1v) is 9.99. The molecule has 2 fully saturated rings. The fraction of sp³-hybridized carbons (Fsp3) is 0.500. The molecule has 1 N–H and O–H groups in total. The molecule has 30 heavy (non-hydrogen) atoms. The predicted octanol–water partition coefficient (Wildman–Crippen LogP) is 3.27. The number of para-hydroxylation sites is 1. The van der Waals surface area contributed by atoms with Gasteiger partial charge in [-0.05, 0) is 39.3 Å². The second kappa shape index (κ2) is 6.94. The van der Waals surface area contributed by atoms with Gasteiger partial charge in [-0.2, -0.15) is 5.26 Å². The Balaban J connectivity index is 1.58. The first kappa shape index (κ1) is 20.1. The van der Waals surface area contributed by atoms with Gasteiger partial charge in [0, 0.05) is 37.0 Å². The van der Waals surface area contributed by atoms with Gasteiger partial charge >= 0.3 is 6.09 Å². The molecule has 158 valence electrons. The summed E-state index contributed by atoms with van der Waals surface area (Å²) in [6, 6.07) is 7.37. The summed E-state index contributed by atoms with van der Waals surface area (Å²) in [4.78, 5) is 20.7. The molecular weight excluding hydrogens is 384 g/mol. The molecule has 0 unspecified atom stereocenters. The molecule has 8 heteroatoms. The number of aromatic hydroxyl groups is 1. The van der Waals surface area contributed by atoms with Crippen LogP contribution in [0, 0.1) is 16.7 Å². The van der Waals surface area contributed by atoms with Crippen molar-refractivity contribution in [1.82, 2.24) is 9.88 Å². The van der Waals surface area contributed by atoms with Crippen molar-refractivity contribution >= 4 is 22.8 Å². The van der Waals surface area contributed by atoms with Crippen LogP contribution >= 0.6 is 0 Å². The van der Waals surface area contributed by atoms with Crippen LogP contribution in [0.2, 0.25) is 0 Å². The number of hydrogen-bond acceptors (Lipinski definition) is 7. The SMILES string of the molecule is COc1cccc2c(O)c(C#N)c(N3CCC4(CN(C(=O)OC(C)(C)C)C4)C3)nc12. The van der Waals surface area contributed by atoms with E-state index in [9.17, 15) is 15.2 Å². The highest BCUT2D eigenvalue weighted by Crippen LogP contribution is 2.44. The summed E-state index contributed by atoms with van der Waals surface area (Å²) in [6.45, 7) is 8.15. The smallest absolute Gasteiger partial charge is 0.410 e. The van der Waals surface area contributed by atoms with Crippen LogP contribution in [0.5, 0.6) is 11.5 Å². The Labute approximate surface area is 175 Å². The van der Waals surface area contributed by atoms with E-state index >= 15 is 0 Å². The van der Waals surface area contributed by atoms with Crippen molar-refractivity contribution < 1.29 is 19.4 Å². The van der Waals surface area contributed by atoms with Crippen LogP contribution in [0.3, 0.4) is 0 Å². The van der Waals surface area contributed by atoms with Gasteiger partial charge in [-0.1, -0.05) is 6.07 Å². The van der Waals surface area contributed by atoms with Crippen molar-refractivity contribution in [3.63, 3.8) is 0 Å². The molecular formula is C22H26N4O4. The number of ether oxygens (including phenoxy) is 2. The number of carbonyl (C=O) groups is 1. The lowest BCUT2D eigenvalue weighted by Crippen LogP contribution is -2.60. The van der Waals surface area contributed by atoms with Crippen molar-refractivity contribution in [3.8, 4) is 17.6 Å². The second-order valence-electron chi connectivity index (χ2n) is 9.14. The number of hydrogen-bond donors (Lipinski definition) is 1. The Bertz CT molecular complexity index is 1050. The number of methoxy groups -OCH3 is 1. The van der Waals surface area contributed by atoms with Gasteiger partial charge in [0.1, 0.15) is 34.2 Å². The molecule has 0 saturated carbocycles. The lowest BCUT2D eigenvalue weighted by atomic mass is 9.79. The Kier molecular flexibility index (Phi) is 4.64. The number of fused-ring (bicyclic) bond motifs is 1. The number of likely N-dealkylation sites (tertiary alicyclic amines) is 1. The molecule has 2 saturated heterocycles. The summed E-state index contributed by atoms with van der Waals surface area (Å²) in [7, 11) is 1.55. The van der Waals surface area contributed by atoms with Crippen LogP contribution in [0.25, 0.3) is 10.9 Å². The average molecular weight is 410 g/mol. The topological polar surface area (TPSA) is 98.9 Å². The van der Waals surface area contributed by atoms with Crippen LogP contribution < -0.4 is 9.64 Å². The molecule has 2 aliphatic heterocycles. The third kappa shape index (κ3) is 3.34. The van der Waals surface area contributed by atoms with Crippen LogP contribution in [0.1, 0.15) is 32.8 Å². The van der Waals surface area contributed by atoms with Crippen molar-refractivity contribution in [1.29, 1.82) is 5.26 Å². The minimum Gasteiger partial charge on any atom is -0.506 e. The van der Waals surface area contributed by atoms with Crippen molar-refractivity contribution in [2.24, 2.45) is 5.41 Å². The third-order valence-corrected chi connectivity index (χ3v) is 5.71. The standard InChI is InChI=1S/C22H26N4O4/c1-21(2,3)30-20(28)26-12-22(13-26)8-9-25(11-22)19-15(10-23)18(27)14-6-5-7-16(29-4)17(14)24-19/h5-7H,8-9,11-13H2,1-4H3,(H,24,27). The number of pyridine rings is 1. The van der Waals surface area contributed by atoms with E-state index in [4.69, 9.17) is 14.5 Å². The Morgan fingerprint density at radius 3 is 2.67 bits per heavy atom. The lowest BCUT2D eigenvalue weighted by molar-refractivity contribution is -0.0266. The summed E-state index contributed by atoms with van der Waals surface area (Å²) in [5.74, 6) is 0.920. The predicted molar refractivity (Wildman–Crippen MR) is 112 cm³/mol. The average Bonchev–Trinajstić information content (AvgIpc) is 3.10. The molecule has 0 aliphatic carbocycles. The highest BCUT2D eigenvalue weighted by atomic mass is 16.6. The van der Waals surface area contributed by atoms with Gasteiger partial charge in [0.15, 0.2) is 5.82 Å². The molecule has 8 nitrogen and oxygen atoms in total. The Hall–Kier alpha value is -3.21. The molecule has 0 radical (unpaired) electrons. The van der Waals surface area contributed by atoms with E-state index in [-0.39, 0.29) is 22.8 Å². The maximum Gasteiger partial charge on any atom is 0.410 e. The van der Waals surface area contributed by atoms with Crippen LogP contribution in [0.4, 0.5) is 10.6 Å². The fourth-order valence-corrected chi connectivity index (χ4v) is 4.32. The lowest BCUT2D eigenvalue weighted by Gasteiger charge is -2.47. The van der Waals surface area contributed by atoms with E-state index in [2.05, 4.69) is 6.07 Å². The number of amides is 1. The molecule has 1 amide bonds. The molecule has 4 rings (SSSR count). The summed E-state index contributed by atoms with van der Waals surface area (Å²) in [5, 5.41) is 20.9. The van der Waals surface area contributed by atoms with Gasteiger partial charge < -0.3 is 24.4 Å². The van der Waals surface area contributed by atoms with Crippen LogP contribution in [-0.4, -0.2) is 60.0 Å². The number of anilines is 1. The van der Waals surface area contributed by atoms with Crippen molar-refractivity contribution in [3.05, 3.63) is 23.8 Å². The first-order chi connectivity index (χ1) is 14.2. The van der Waals surface area contributed by atoms with Gasteiger partial charge in [-0.3, -0.25) is 0 Å². The largest absolute Gasteiger partial charge is 0.506 e. The number of carbonyl (C=O) groups excluding carboxylic acids is 1. The maximum absolute atomic E-state index is 12.3. The molecule has 1 spiro atoms. The van der Waals surface area contributed by atoms with E-state index in [1.54, 1.807) is 30.2 Å². The zero-order chi connectivity index (χ0) is 21.7. The van der Waals surface area contributed by atoms with E-state index in [1.165, 1.54) is 0 Å². The minimum absolute atomic E-state index is 0.0450. The number of nitrogens with zero attached hydrogens (tertiary/aromatic N) is 4. The fourth-order valence-electron chi connectivity index (χ4n) is 4.32. The summed E-state index contributed by atoms with van der Waals surface area (Å²) < 4.78 is 10.8. The third-order valence-electron chi connectivity index (χ3n) is 5.71. The minimum atomic E-state index is -0.519. The zero-order valence-electron chi connectivity index (χ0n) is 17.7. The van der Waals surface area contributed by atoms with Crippen molar-refractivity contribution in [2.45, 2.75) is 32.8 Å². The summed E-state index contributed by atoms with van der Waals surface area (Å²) in [5.41, 5.74) is 0.124. The van der Waals surface area contributed by atoms with Gasteiger partial charge in [-0.15, -0.1) is 0 Å². The number of nitriles is 1. The second-order valence-corrected chi connectivity index (χ2v) is 9.14. The molecule has 0 atom stereocenters. The highest BCUT2D eigenvalue weighted by Gasteiger charge is 2.51. The zero-order valence-corrected chi connectivity index (χ0v) is 17.7. The van der Waals surface area contributed by atoms with Crippen LogP contribution in [0.15, 0.2) is 18.2 Å². The van der Waals surface area contributed by atoms with E-state index in [0.29, 0.717) is 48.6 Å². The molecule has 0 bridgehead atoms. The van der Waals surface area contributed by atoms with Crippen molar-refractivity contribution in [2.75, 3.05) is 38.2 Å². The summed E-state index contributed by atoms with van der Waals surface area (Å²) in [6.07, 6.45) is 0.583. The van der Waals surface area contributed by atoms with E-state index in [0.717, 1.165) is 6.42 Å². The molecule has 2 aliphatic rings. The Morgan fingerprint density at radius 1 is 1.30 bits per heavy atom. The monoisotopic (exact) mass is 410 g/mol. The quantitative estimate of drug-likeness (QED) is 0.811. The van der Waals surface area contributed by atoms with Gasteiger partial charge in [0.2, 0.25) is 0 Å². The van der Waals surface area contributed by atoms with E-state index in [1.807, 2.05) is 25.7 Å². The maximum atomic E-state index is 12.3. The number of aromatic nitrogens is 1. The molecule has 3 heterocycles. The molecule has 1 aromatic carbocycles. The van der Waals surface area contributed by atoms with Gasteiger partial charge in [-0.25, -0.2) is 9.78 Å². The Morgan fingerprint density at radius 2 is 2.03 bits per heavy atom. The first-order valence-electron chi connectivity index (χ1n) is 9.99. The molecule has 2 aromatic rings. The number of benzene rings is 1. The molecule has 1 aromatic heterocycles. The van der Waals surface area contributed by atoms with E-state index < -0.39 is 5.60 Å². The van der Waals surface area contributed by atoms with Crippen LogP contribution in [-0.2, 0) is 4.74 Å².